The predicted molar refractivity (Wildman–Crippen MR) is 58.3 cm³/mol. The van der Waals surface area contributed by atoms with Crippen molar-refractivity contribution in [3.63, 3.8) is 0 Å². The zero-order chi connectivity index (χ0) is 11.5. The van der Waals surface area contributed by atoms with Gasteiger partial charge in [-0.2, -0.15) is 0 Å². The first-order chi connectivity index (χ1) is 7.68. The van der Waals surface area contributed by atoms with Crippen LogP contribution in [0.15, 0.2) is 18.3 Å². The molecule has 1 aliphatic rings. The summed E-state index contributed by atoms with van der Waals surface area (Å²) in [7, 11) is 0. The van der Waals surface area contributed by atoms with Crippen LogP contribution in [0.3, 0.4) is 0 Å². The van der Waals surface area contributed by atoms with Crippen LogP contribution in [0.1, 0.15) is 24.5 Å². The van der Waals surface area contributed by atoms with Crippen LogP contribution in [0.2, 0.25) is 0 Å². The van der Waals surface area contributed by atoms with Crippen LogP contribution >= 0.6 is 0 Å². The number of carbonyl (C=O) groups is 1. The van der Waals surface area contributed by atoms with E-state index in [1.165, 1.54) is 19.0 Å². The van der Waals surface area contributed by atoms with E-state index in [9.17, 15) is 9.90 Å². The topological polar surface area (TPSA) is 73.7 Å². The van der Waals surface area contributed by atoms with Crippen LogP contribution in [-0.4, -0.2) is 34.3 Å². The second-order valence-electron chi connectivity index (χ2n) is 3.88. The number of carboxylic acid groups (broad SMARTS) is 1. The summed E-state index contributed by atoms with van der Waals surface area (Å²) >= 11 is 0. The van der Waals surface area contributed by atoms with Crippen molar-refractivity contribution >= 4 is 11.8 Å². The molecule has 5 heteroatoms. The van der Waals surface area contributed by atoms with Crippen LogP contribution in [0.4, 0.5) is 5.82 Å². The molecule has 0 saturated carbocycles. The van der Waals surface area contributed by atoms with Crippen LogP contribution < -0.4 is 4.90 Å². The van der Waals surface area contributed by atoms with E-state index in [1.807, 2.05) is 0 Å². The molecule has 5 nitrogen and oxygen atoms in total. The lowest BCUT2D eigenvalue weighted by molar-refractivity contribution is -0.146. The molecular weight excluding hydrogens is 208 g/mol. The minimum atomic E-state index is -1.49. The Balaban J connectivity index is 2.12. The molecule has 1 atom stereocenters. The molecule has 2 heterocycles. The van der Waals surface area contributed by atoms with Gasteiger partial charge in [-0.1, -0.05) is 6.07 Å². The van der Waals surface area contributed by atoms with E-state index < -0.39 is 12.1 Å². The number of nitrogens with zero attached hydrogens (tertiary/aromatic N) is 2. The Hall–Kier alpha value is -1.62. The number of hydrogen-bond acceptors (Lipinski definition) is 4. The van der Waals surface area contributed by atoms with Gasteiger partial charge in [-0.15, -0.1) is 0 Å². The molecule has 1 aromatic rings. The third kappa shape index (κ3) is 2.14. The maximum Gasteiger partial charge on any atom is 0.337 e. The number of hydrogen-bond donors (Lipinski definition) is 2. The maximum absolute atomic E-state index is 10.6. The summed E-state index contributed by atoms with van der Waals surface area (Å²) in [4.78, 5) is 16.9. The molecule has 0 spiro atoms. The Morgan fingerprint density at radius 1 is 1.38 bits per heavy atom. The van der Waals surface area contributed by atoms with Crippen LogP contribution in [0, 0.1) is 0 Å². The fourth-order valence-corrected chi connectivity index (χ4v) is 1.84. The average molecular weight is 222 g/mol. The third-order valence-corrected chi connectivity index (χ3v) is 2.75. The van der Waals surface area contributed by atoms with Crippen molar-refractivity contribution in [2.75, 3.05) is 18.0 Å². The number of pyridine rings is 1. The fraction of sp³-hybridized carbons (Fsp3) is 0.455. The van der Waals surface area contributed by atoms with Gasteiger partial charge in [0, 0.05) is 24.8 Å². The van der Waals surface area contributed by atoms with E-state index >= 15 is 0 Å². The summed E-state index contributed by atoms with van der Waals surface area (Å²) in [5.41, 5.74) is 0.315. The lowest BCUT2D eigenvalue weighted by Gasteiger charge is -2.16. The van der Waals surface area contributed by atoms with Gasteiger partial charge in [-0.3, -0.25) is 0 Å². The number of carboxylic acids is 1. The van der Waals surface area contributed by atoms with E-state index in [-0.39, 0.29) is 0 Å². The van der Waals surface area contributed by atoms with Gasteiger partial charge in [-0.05, 0) is 18.9 Å². The van der Waals surface area contributed by atoms with E-state index in [4.69, 9.17) is 5.11 Å². The molecule has 0 aliphatic carbocycles. The lowest BCUT2D eigenvalue weighted by atomic mass is 10.1. The predicted octanol–water partition coefficient (Wildman–Crippen LogP) is 0.800. The molecule has 0 amide bonds. The number of anilines is 1. The first-order valence-electron chi connectivity index (χ1n) is 5.30. The minimum absolute atomic E-state index is 0.315. The monoisotopic (exact) mass is 222 g/mol. The highest BCUT2D eigenvalue weighted by Crippen LogP contribution is 2.19. The first-order valence-corrected chi connectivity index (χ1v) is 5.30. The van der Waals surface area contributed by atoms with E-state index in [1.54, 1.807) is 12.1 Å². The Kier molecular flexibility index (Phi) is 3.05. The molecule has 1 saturated heterocycles. The molecule has 1 unspecified atom stereocenters. The van der Waals surface area contributed by atoms with Crippen molar-refractivity contribution in [1.29, 1.82) is 0 Å². The lowest BCUT2D eigenvalue weighted by Crippen LogP contribution is -2.19. The Labute approximate surface area is 93.3 Å². The van der Waals surface area contributed by atoms with Crippen LogP contribution in [-0.2, 0) is 4.79 Å². The molecule has 0 bridgehead atoms. The van der Waals surface area contributed by atoms with Gasteiger partial charge < -0.3 is 15.1 Å². The molecule has 2 rings (SSSR count). The quantitative estimate of drug-likeness (QED) is 0.791. The first kappa shape index (κ1) is 10.9. The smallest absolute Gasteiger partial charge is 0.337 e. The van der Waals surface area contributed by atoms with Crippen molar-refractivity contribution in [3.05, 3.63) is 23.9 Å². The maximum atomic E-state index is 10.6. The number of aliphatic hydroxyl groups excluding tert-OH is 1. The largest absolute Gasteiger partial charge is 0.479 e. The Morgan fingerprint density at radius 2 is 2.06 bits per heavy atom. The third-order valence-electron chi connectivity index (χ3n) is 2.75. The highest BCUT2D eigenvalue weighted by atomic mass is 16.4. The van der Waals surface area contributed by atoms with E-state index in [2.05, 4.69) is 9.88 Å². The number of rotatable bonds is 3. The highest BCUT2D eigenvalue weighted by Gasteiger charge is 2.18. The summed E-state index contributed by atoms with van der Waals surface area (Å²) in [5, 5.41) is 17.9. The van der Waals surface area contributed by atoms with Gasteiger partial charge in [0.05, 0.1) is 0 Å². The summed E-state index contributed by atoms with van der Waals surface area (Å²) in [6.07, 6.45) is 2.27. The van der Waals surface area contributed by atoms with Crippen molar-refractivity contribution < 1.29 is 15.0 Å². The zero-order valence-corrected chi connectivity index (χ0v) is 8.83. The number of aliphatic hydroxyl groups is 1. The van der Waals surface area contributed by atoms with E-state index in [0.717, 1.165) is 18.9 Å². The molecule has 86 valence electrons. The van der Waals surface area contributed by atoms with Gasteiger partial charge in [-0.25, -0.2) is 9.78 Å². The summed E-state index contributed by atoms with van der Waals surface area (Å²) < 4.78 is 0. The van der Waals surface area contributed by atoms with Crippen molar-refractivity contribution in [3.8, 4) is 0 Å². The molecule has 0 aromatic carbocycles. The van der Waals surface area contributed by atoms with Gasteiger partial charge in [0.15, 0.2) is 6.10 Å². The van der Waals surface area contributed by atoms with Crippen LogP contribution in [0.25, 0.3) is 0 Å². The van der Waals surface area contributed by atoms with Crippen molar-refractivity contribution in [2.24, 2.45) is 0 Å². The van der Waals surface area contributed by atoms with Gasteiger partial charge in [0.2, 0.25) is 0 Å². The second kappa shape index (κ2) is 4.49. The SMILES string of the molecule is O=C(O)C(O)c1ccc(N2CCCC2)nc1. The van der Waals surface area contributed by atoms with Gasteiger partial charge >= 0.3 is 5.97 Å². The van der Waals surface area contributed by atoms with Gasteiger partial charge in [0.1, 0.15) is 5.82 Å². The second-order valence-corrected chi connectivity index (χ2v) is 3.88. The molecule has 2 N–H and O–H groups in total. The summed E-state index contributed by atoms with van der Waals surface area (Å²) in [5.74, 6) is -0.408. The van der Waals surface area contributed by atoms with Crippen LogP contribution in [0.5, 0.6) is 0 Å². The molecule has 1 aromatic heterocycles. The van der Waals surface area contributed by atoms with E-state index in [0.29, 0.717) is 5.56 Å². The Bertz CT molecular complexity index is 371. The molecule has 1 fully saturated rings. The van der Waals surface area contributed by atoms with Crippen molar-refractivity contribution in [1.82, 2.24) is 4.98 Å². The number of aromatic nitrogens is 1. The molecule has 0 radical (unpaired) electrons. The normalized spacial score (nSPS) is 17.4. The van der Waals surface area contributed by atoms with Gasteiger partial charge in [0.25, 0.3) is 0 Å². The standard InChI is InChI=1S/C11H14N2O3/c14-10(11(15)16)8-3-4-9(12-7-8)13-5-1-2-6-13/h3-4,7,10,14H,1-2,5-6H2,(H,15,16). The Morgan fingerprint density at radius 3 is 2.56 bits per heavy atom. The minimum Gasteiger partial charge on any atom is -0.479 e. The van der Waals surface area contributed by atoms with Crippen molar-refractivity contribution in [2.45, 2.75) is 18.9 Å². The molecule has 1 aliphatic heterocycles. The summed E-state index contributed by atoms with van der Waals surface area (Å²) in [6, 6.07) is 3.37. The molecular formula is C11H14N2O3. The zero-order valence-electron chi connectivity index (χ0n) is 8.83. The summed E-state index contributed by atoms with van der Waals surface area (Å²) in [6.45, 7) is 1.99. The highest BCUT2D eigenvalue weighted by molar-refractivity contribution is 5.73. The fourth-order valence-electron chi connectivity index (χ4n) is 1.84. The number of aliphatic carboxylic acids is 1. The molecule has 16 heavy (non-hydrogen) atoms. The average Bonchev–Trinajstić information content (AvgIpc) is 2.81.